The highest BCUT2D eigenvalue weighted by atomic mass is 32.2. The van der Waals surface area contributed by atoms with Gasteiger partial charge in [-0.1, -0.05) is 18.2 Å². The Bertz CT molecular complexity index is 934. The van der Waals surface area contributed by atoms with Crippen molar-refractivity contribution in [1.82, 2.24) is 9.78 Å². The number of fused-ring (bicyclic) bond motifs is 1. The van der Waals surface area contributed by atoms with E-state index < -0.39 is 15.4 Å². The van der Waals surface area contributed by atoms with Gasteiger partial charge in [0.1, 0.15) is 0 Å². The van der Waals surface area contributed by atoms with Crippen molar-refractivity contribution in [2.75, 3.05) is 24.2 Å². The van der Waals surface area contributed by atoms with E-state index in [1.807, 2.05) is 13.8 Å². The SMILES string of the molecule is CNc1nn2c(c1S(=O)(=O)c1ccccc1)NC(C)=CC2(C)CCCN. The minimum atomic E-state index is -3.73. The number of nitrogens with one attached hydrogen (secondary N) is 2. The highest BCUT2D eigenvalue weighted by Crippen LogP contribution is 2.41. The molecule has 1 aliphatic heterocycles. The van der Waals surface area contributed by atoms with Crippen LogP contribution in [0.15, 0.2) is 51.9 Å². The molecule has 2 heterocycles. The van der Waals surface area contributed by atoms with Crippen LogP contribution in [0.3, 0.4) is 0 Å². The summed E-state index contributed by atoms with van der Waals surface area (Å²) in [6.07, 6.45) is 3.65. The number of hydrogen-bond donors (Lipinski definition) is 3. The van der Waals surface area contributed by atoms with Gasteiger partial charge in [0, 0.05) is 12.7 Å². The van der Waals surface area contributed by atoms with E-state index in [-0.39, 0.29) is 9.79 Å². The van der Waals surface area contributed by atoms with Crippen LogP contribution in [-0.4, -0.2) is 31.8 Å². The maximum absolute atomic E-state index is 13.3. The molecule has 1 unspecified atom stereocenters. The van der Waals surface area contributed by atoms with Crippen molar-refractivity contribution in [2.45, 2.75) is 42.0 Å². The lowest BCUT2D eigenvalue weighted by Gasteiger charge is -2.33. The first-order chi connectivity index (χ1) is 12.3. The van der Waals surface area contributed by atoms with Crippen LogP contribution in [0.1, 0.15) is 26.7 Å². The van der Waals surface area contributed by atoms with E-state index in [1.165, 1.54) is 0 Å². The van der Waals surface area contributed by atoms with Crippen LogP contribution in [0.4, 0.5) is 11.6 Å². The Hall–Kier alpha value is -2.32. The Morgan fingerprint density at radius 1 is 1.31 bits per heavy atom. The molecule has 1 aromatic carbocycles. The van der Waals surface area contributed by atoms with Crippen molar-refractivity contribution >= 4 is 21.5 Å². The average Bonchev–Trinajstić information content (AvgIpc) is 3.00. The van der Waals surface area contributed by atoms with Gasteiger partial charge in [0.25, 0.3) is 0 Å². The summed E-state index contributed by atoms with van der Waals surface area (Å²) in [4.78, 5) is 0.405. The second-order valence-electron chi connectivity index (χ2n) is 6.71. The van der Waals surface area contributed by atoms with Gasteiger partial charge < -0.3 is 16.4 Å². The first-order valence-electron chi connectivity index (χ1n) is 8.61. The van der Waals surface area contributed by atoms with E-state index in [1.54, 1.807) is 42.1 Å². The fourth-order valence-electron chi connectivity index (χ4n) is 3.41. The van der Waals surface area contributed by atoms with Crippen molar-refractivity contribution in [3.63, 3.8) is 0 Å². The molecule has 4 N–H and O–H groups in total. The van der Waals surface area contributed by atoms with E-state index in [2.05, 4.69) is 21.8 Å². The molecule has 3 rings (SSSR count). The lowest BCUT2D eigenvalue weighted by molar-refractivity contribution is 0.333. The van der Waals surface area contributed by atoms with Gasteiger partial charge in [-0.05, 0) is 51.4 Å². The van der Waals surface area contributed by atoms with Gasteiger partial charge in [-0.15, -0.1) is 0 Å². The summed E-state index contributed by atoms with van der Waals surface area (Å²) in [5, 5.41) is 10.7. The van der Waals surface area contributed by atoms with Gasteiger partial charge in [-0.3, -0.25) is 0 Å². The number of sulfone groups is 1. The maximum Gasteiger partial charge on any atom is 0.213 e. The summed E-state index contributed by atoms with van der Waals surface area (Å²) in [5.74, 6) is 0.816. The van der Waals surface area contributed by atoms with Crippen LogP contribution in [-0.2, 0) is 15.4 Å². The molecular weight excluding hydrogens is 350 g/mol. The standard InChI is InChI=1S/C18H25N5O2S/c1-13-12-18(2,10-7-11-19)23-17(21-13)15(16(20-3)22-23)26(24,25)14-8-5-4-6-9-14/h4-6,8-9,12,21H,7,10-11,19H2,1-3H3,(H,20,22). The normalized spacial score (nSPS) is 19.5. The predicted octanol–water partition coefficient (Wildman–Crippen LogP) is 2.54. The fraction of sp³-hybridized carbons (Fsp3) is 0.389. The van der Waals surface area contributed by atoms with Crippen molar-refractivity contribution in [3.05, 3.63) is 42.1 Å². The smallest absolute Gasteiger partial charge is 0.213 e. The van der Waals surface area contributed by atoms with E-state index in [4.69, 9.17) is 5.73 Å². The molecular formula is C18H25N5O2S. The minimum absolute atomic E-state index is 0.164. The minimum Gasteiger partial charge on any atom is -0.371 e. The average molecular weight is 375 g/mol. The number of nitrogens with two attached hydrogens (primary N) is 1. The quantitative estimate of drug-likeness (QED) is 0.717. The molecule has 140 valence electrons. The second-order valence-corrected chi connectivity index (χ2v) is 8.59. The highest BCUT2D eigenvalue weighted by molar-refractivity contribution is 7.91. The molecule has 0 aliphatic carbocycles. The topological polar surface area (TPSA) is 102 Å². The molecule has 1 aromatic heterocycles. The molecule has 0 radical (unpaired) electrons. The zero-order chi connectivity index (χ0) is 18.9. The number of benzene rings is 1. The number of allylic oxidation sites excluding steroid dienone is 2. The molecule has 0 amide bonds. The molecule has 1 aliphatic rings. The summed E-state index contributed by atoms with van der Waals surface area (Å²) in [6, 6.07) is 8.41. The Balaban J connectivity index is 2.22. The summed E-state index contributed by atoms with van der Waals surface area (Å²) in [6.45, 7) is 4.54. The second kappa shape index (κ2) is 6.77. The van der Waals surface area contributed by atoms with Crippen molar-refractivity contribution in [1.29, 1.82) is 0 Å². The van der Waals surface area contributed by atoms with Gasteiger partial charge in [0.15, 0.2) is 16.5 Å². The summed E-state index contributed by atoms with van der Waals surface area (Å²) >= 11 is 0. The monoisotopic (exact) mass is 375 g/mol. The number of anilines is 2. The Morgan fingerprint density at radius 3 is 2.62 bits per heavy atom. The molecule has 0 saturated heterocycles. The molecule has 2 aromatic rings. The van der Waals surface area contributed by atoms with E-state index in [0.717, 1.165) is 18.5 Å². The van der Waals surface area contributed by atoms with Crippen LogP contribution < -0.4 is 16.4 Å². The number of aromatic nitrogens is 2. The zero-order valence-corrected chi connectivity index (χ0v) is 16.1. The fourth-order valence-corrected chi connectivity index (χ4v) is 4.95. The molecule has 0 fully saturated rings. The summed E-state index contributed by atoms with van der Waals surface area (Å²) in [5.41, 5.74) is 6.14. The van der Waals surface area contributed by atoms with E-state index >= 15 is 0 Å². The van der Waals surface area contributed by atoms with Crippen LogP contribution >= 0.6 is 0 Å². The molecule has 26 heavy (non-hydrogen) atoms. The first-order valence-corrected chi connectivity index (χ1v) is 10.1. The Labute approximate surface area is 154 Å². The van der Waals surface area contributed by atoms with Crippen molar-refractivity contribution in [2.24, 2.45) is 5.73 Å². The molecule has 0 spiro atoms. The summed E-state index contributed by atoms with van der Waals surface area (Å²) < 4.78 is 28.4. The van der Waals surface area contributed by atoms with Gasteiger partial charge >= 0.3 is 0 Å². The Morgan fingerprint density at radius 2 is 2.00 bits per heavy atom. The highest BCUT2D eigenvalue weighted by Gasteiger charge is 2.38. The first kappa shape index (κ1) is 18.5. The van der Waals surface area contributed by atoms with Gasteiger partial charge in [0.2, 0.25) is 9.84 Å². The van der Waals surface area contributed by atoms with Crippen molar-refractivity contribution in [3.8, 4) is 0 Å². The predicted molar refractivity (Wildman–Crippen MR) is 103 cm³/mol. The number of hydrogen-bond acceptors (Lipinski definition) is 6. The molecule has 7 nitrogen and oxygen atoms in total. The van der Waals surface area contributed by atoms with Gasteiger partial charge in [-0.2, -0.15) is 5.10 Å². The third kappa shape index (κ3) is 2.99. The van der Waals surface area contributed by atoms with E-state index in [0.29, 0.717) is 18.2 Å². The molecule has 0 saturated carbocycles. The van der Waals surface area contributed by atoms with E-state index in [9.17, 15) is 8.42 Å². The largest absolute Gasteiger partial charge is 0.371 e. The lowest BCUT2D eigenvalue weighted by atomic mass is 9.93. The third-order valence-electron chi connectivity index (χ3n) is 4.61. The number of rotatable bonds is 6. The van der Waals surface area contributed by atoms with Crippen LogP contribution in [0, 0.1) is 0 Å². The molecule has 0 bridgehead atoms. The van der Waals surface area contributed by atoms with Gasteiger partial charge in [0.05, 0.1) is 10.4 Å². The van der Waals surface area contributed by atoms with Crippen LogP contribution in [0.5, 0.6) is 0 Å². The van der Waals surface area contributed by atoms with Crippen LogP contribution in [0.2, 0.25) is 0 Å². The van der Waals surface area contributed by atoms with Crippen molar-refractivity contribution < 1.29 is 8.42 Å². The van der Waals surface area contributed by atoms with Crippen LogP contribution in [0.25, 0.3) is 0 Å². The van der Waals surface area contributed by atoms with Gasteiger partial charge in [-0.25, -0.2) is 13.1 Å². The Kier molecular flexibility index (Phi) is 4.81. The molecule has 1 atom stereocenters. The zero-order valence-electron chi connectivity index (χ0n) is 15.3. The lowest BCUT2D eigenvalue weighted by Crippen LogP contribution is -2.35. The molecule has 8 heteroatoms. The maximum atomic E-state index is 13.3. The summed E-state index contributed by atoms with van der Waals surface area (Å²) in [7, 11) is -2.06. The number of nitrogens with zero attached hydrogens (tertiary/aromatic N) is 2. The third-order valence-corrected chi connectivity index (χ3v) is 6.43.